The molecule has 0 fully saturated rings. The van der Waals surface area contributed by atoms with Gasteiger partial charge in [0.15, 0.2) is 0 Å². The Hall–Kier alpha value is 0.0500. The molecule has 90 valence electrons. The first-order valence-corrected chi connectivity index (χ1v) is 6.31. The van der Waals surface area contributed by atoms with Gasteiger partial charge in [-0.25, -0.2) is 0 Å². The molecule has 0 amide bonds. The molecule has 0 heterocycles. The average Bonchev–Trinajstić information content (AvgIpc) is 2.12. The van der Waals surface area contributed by atoms with Crippen molar-refractivity contribution in [3.05, 3.63) is 0 Å². The Morgan fingerprint density at radius 3 is 2.40 bits per heavy atom. The van der Waals surface area contributed by atoms with E-state index in [1.165, 1.54) is 12.8 Å². The molecule has 0 saturated heterocycles. The van der Waals surface area contributed by atoms with Crippen LogP contribution in [-0.4, -0.2) is 16.9 Å². The fourth-order valence-electron chi connectivity index (χ4n) is 1.32. The van der Waals surface area contributed by atoms with E-state index >= 15 is 0 Å². The third kappa shape index (κ3) is 9.01. The molecule has 0 unspecified atom stereocenters. The summed E-state index contributed by atoms with van der Waals surface area (Å²) in [5, 5.41) is 0. The maximum absolute atomic E-state index is 11.2. The molecule has 15 heavy (non-hydrogen) atoms. The van der Waals surface area contributed by atoms with Crippen molar-refractivity contribution < 1.29 is 9.53 Å². The van der Waals surface area contributed by atoms with Gasteiger partial charge in [-0.2, -0.15) is 0 Å². The molecule has 0 saturated carbocycles. The van der Waals surface area contributed by atoms with E-state index in [4.69, 9.17) is 27.9 Å². The Kier molecular flexibility index (Phi) is 8.26. The van der Waals surface area contributed by atoms with Crippen molar-refractivity contribution in [1.29, 1.82) is 0 Å². The van der Waals surface area contributed by atoms with Gasteiger partial charge in [-0.15, -0.1) is 23.2 Å². The van der Waals surface area contributed by atoms with Gasteiger partial charge < -0.3 is 4.74 Å². The summed E-state index contributed by atoms with van der Waals surface area (Å²) in [6.45, 7) is 4.29. The Balaban J connectivity index is 3.70. The lowest BCUT2D eigenvalue weighted by molar-refractivity contribution is -0.143. The summed E-state index contributed by atoms with van der Waals surface area (Å²) >= 11 is 12.0. The van der Waals surface area contributed by atoms with Crippen LogP contribution in [0.2, 0.25) is 0 Å². The van der Waals surface area contributed by atoms with E-state index < -0.39 is 4.33 Å². The molecule has 0 bridgehead atoms. The van der Waals surface area contributed by atoms with Crippen molar-refractivity contribution in [3.8, 4) is 0 Å². The van der Waals surface area contributed by atoms with Gasteiger partial charge in [0.2, 0.25) is 0 Å². The second-order valence-corrected chi connectivity index (χ2v) is 5.29. The van der Waals surface area contributed by atoms with Gasteiger partial charge in [0.05, 0.1) is 13.0 Å². The third-order valence-corrected chi connectivity index (χ3v) is 2.75. The molecule has 0 aromatic carbocycles. The molecule has 0 aromatic rings. The van der Waals surface area contributed by atoms with E-state index in [1.807, 2.05) is 0 Å². The summed E-state index contributed by atoms with van der Waals surface area (Å²) < 4.78 is 3.84. The molecule has 0 aliphatic carbocycles. The van der Waals surface area contributed by atoms with E-state index in [9.17, 15) is 4.79 Å². The van der Waals surface area contributed by atoms with Gasteiger partial charge in [-0.05, 0) is 13.3 Å². The first kappa shape index (κ1) is 15.0. The molecule has 0 spiro atoms. The largest absolute Gasteiger partial charge is 0.466 e. The molecule has 0 atom stereocenters. The quantitative estimate of drug-likeness (QED) is 0.371. The van der Waals surface area contributed by atoms with Gasteiger partial charge in [-0.3, -0.25) is 4.79 Å². The monoisotopic (exact) mass is 254 g/mol. The van der Waals surface area contributed by atoms with Gasteiger partial charge in [0.25, 0.3) is 0 Å². The molecule has 0 aromatic heterocycles. The van der Waals surface area contributed by atoms with Crippen LogP contribution in [0.3, 0.4) is 0 Å². The zero-order valence-electron chi connectivity index (χ0n) is 9.52. The Morgan fingerprint density at radius 1 is 1.20 bits per heavy atom. The Bertz CT molecular complexity index is 181. The summed E-state index contributed by atoms with van der Waals surface area (Å²) in [4.78, 5) is 11.2. The van der Waals surface area contributed by atoms with Crippen LogP contribution in [0.5, 0.6) is 0 Å². The van der Waals surface area contributed by atoms with Crippen LogP contribution >= 0.6 is 23.2 Å². The minimum Gasteiger partial charge on any atom is -0.466 e. The molecule has 4 heteroatoms. The van der Waals surface area contributed by atoms with Gasteiger partial charge >= 0.3 is 5.97 Å². The number of alkyl halides is 2. The lowest BCUT2D eigenvalue weighted by Gasteiger charge is -2.18. The number of hydrogen-bond donors (Lipinski definition) is 0. The predicted octanol–water partition coefficient (Wildman–Crippen LogP) is 4.08. The lowest BCUT2D eigenvalue weighted by Crippen LogP contribution is -2.20. The van der Waals surface area contributed by atoms with Crippen LogP contribution < -0.4 is 0 Å². The number of rotatable bonds is 8. The van der Waals surface area contributed by atoms with Crippen molar-refractivity contribution in [3.63, 3.8) is 0 Å². The number of halogens is 2. The van der Waals surface area contributed by atoms with Gasteiger partial charge in [-0.1, -0.05) is 32.6 Å². The third-order valence-electron chi connectivity index (χ3n) is 2.10. The number of esters is 1. The molecule has 0 aliphatic rings. The zero-order valence-corrected chi connectivity index (χ0v) is 11.0. The number of carbonyl (C=O) groups excluding carboxylic acids is 1. The van der Waals surface area contributed by atoms with Crippen LogP contribution in [0.25, 0.3) is 0 Å². The average molecular weight is 255 g/mol. The highest BCUT2D eigenvalue weighted by Crippen LogP contribution is 2.32. The van der Waals surface area contributed by atoms with E-state index in [0.29, 0.717) is 13.0 Å². The molecule has 0 radical (unpaired) electrons. The van der Waals surface area contributed by atoms with Crippen LogP contribution in [0.1, 0.15) is 52.4 Å². The number of hydrogen-bond acceptors (Lipinski definition) is 2. The molecule has 2 nitrogen and oxygen atoms in total. The molecule has 0 N–H and O–H groups in total. The first-order valence-electron chi connectivity index (χ1n) is 5.55. The van der Waals surface area contributed by atoms with E-state index in [2.05, 4.69) is 6.92 Å². The minimum atomic E-state index is -0.958. The highest BCUT2D eigenvalue weighted by molar-refractivity contribution is 6.49. The SMILES string of the molecule is CCCCCCC(Cl)(Cl)CC(=O)OCC. The summed E-state index contributed by atoms with van der Waals surface area (Å²) in [5.74, 6) is -0.321. The number of ether oxygens (including phenoxy) is 1. The van der Waals surface area contributed by atoms with Crippen molar-refractivity contribution in [1.82, 2.24) is 0 Å². The maximum Gasteiger partial charge on any atom is 0.308 e. The number of carbonyl (C=O) groups is 1. The van der Waals surface area contributed by atoms with E-state index in [0.717, 1.165) is 12.8 Å². The van der Waals surface area contributed by atoms with E-state index in [1.54, 1.807) is 6.92 Å². The summed E-state index contributed by atoms with van der Waals surface area (Å²) in [5.41, 5.74) is 0. The molecule has 0 rings (SSSR count). The van der Waals surface area contributed by atoms with Crippen molar-refractivity contribution in [2.45, 2.75) is 56.7 Å². The highest BCUT2D eigenvalue weighted by atomic mass is 35.5. The molecular formula is C11H20Cl2O2. The second-order valence-electron chi connectivity index (χ2n) is 3.65. The smallest absolute Gasteiger partial charge is 0.308 e. The van der Waals surface area contributed by atoms with Crippen molar-refractivity contribution >= 4 is 29.2 Å². The highest BCUT2D eigenvalue weighted by Gasteiger charge is 2.27. The van der Waals surface area contributed by atoms with Crippen molar-refractivity contribution in [2.75, 3.05) is 6.61 Å². The second kappa shape index (κ2) is 8.23. The molecule has 0 aliphatic heterocycles. The Labute approximate surface area is 102 Å². The molecular weight excluding hydrogens is 235 g/mol. The Morgan fingerprint density at radius 2 is 1.87 bits per heavy atom. The topological polar surface area (TPSA) is 26.3 Å². The van der Waals surface area contributed by atoms with Gasteiger partial charge in [0, 0.05) is 0 Å². The fraction of sp³-hybridized carbons (Fsp3) is 0.909. The normalized spacial score (nSPS) is 11.5. The summed E-state index contributed by atoms with van der Waals surface area (Å²) in [6.07, 6.45) is 5.16. The maximum atomic E-state index is 11.2. The van der Waals surface area contributed by atoms with Crippen molar-refractivity contribution in [2.24, 2.45) is 0 Å². The first-order chi connectivity index (χ1) is 7.02. The van der Waals surface area contributed by atoms with Crippen LogP contribution in [0.15, 0.2) is 0 Å². The fourth-order valence-corrected chi connectivity index (χ4v) is 1.81. The summed E-state index contributed by atoms with van der Waals surface area (Å²) in [7, 11) is 0. The summed E-state index contributed by atoms with van der Waals surface area (Å²) in [6, 6.07) is 0. The van der Waals surface area contributed by atoms with Crippen LogP contribution in [-0.2, 0) is 9.53 Å². The minimum absolute atomic E-state index is 0.0794. The standard InChI is InChI=1S/C11H20Cl2O2/c1-3-5-6-7-8-11(12,13)9-10(14)15-4-2/h3-9H2,1-2H3. The van der Waals surface area contributed by atoms with Gasteiger partial charge in [0.1, 0.15) is 4.33 Å². The van der Waals surface area contributed by atoms with Crippen LogP contribution in [0.4, 0.5) is 0 Å². The number of unbranched alkanes of at least 4 members (excludes halogenated alkanes) is 3. The zero-order chi connectivity index (χ0) is 11.7. The van der Waals surface area contributed by atoms with E-state index in [-0.39, 0.29) is 12.4 Å². The predicted molar refractivity (Wildman–Crippen MR) is 64.4 cm³/mol. The van der Waals surface area contributed by atoms with Crippen LogP contribution in [0, 0.1) is 0 Å². The lowest BCUT2D eigenvalue weighted by atomic mass is 10.1.